The Morgan fingerprint density at radius 2 is 2.16 bits per heavy atom. The van der Waals surface area contributed by atoms with Crippen LogP contribution < -0.4 is 5.32 Å². The summed E-state index contributed by atoms with van der Waals surface area (Å²) in [5.41, 5.74) is 1.19. The first-order valence-corrected chi connectivity index (χ1v) is 9.30. The van der Waals surface area contributed by atoms with Crippen molar-refractivity contribution in [2.75, 3.05) is 17.6 Å². The number of halogens is 1. The van der Waals surface area contributed by atoms with E-state index in [-0.39, 0.29) is 0 Å². The number of hydrogen-bond donors (Lipinski definition) is 1. The quantitative estimate of drug-likeness (QED) is 0.754. The van der Waals surface area contributed by atoms with Crippen molar-refractivity contribution in [1.82, 2.24) is 9.97 Å². The Balaban J connectivity index is 2.26. The highest BCUT2D eigenvalue weighted by molar-refractivity contribution is 14.1. The van der Waals surface area contributed by atoms with Crippen LogP contribution in [0.5, 0.6) is 0 Å². The van der Waals surface area contributed by atoms with Crippen LogP contribution in [0.15, 0.2) is 0 Å². The Labute approximate surface area is 133 Å². The molecule has 2 heterocycles. The molecule has 0 aliphatic carbocycles. The molecule has 0 amide bonds. The molecule has 1 N–H and O–H groups in total. The Bertz CT molecular complexity index is 419. The van der Waals surface area contributed by atoms with Crippen molar-refractivity contribution in [1.29, 1.82) is 0 Å². The predicted octanol–water partition coefficient (Wildman–Crippen LogP) is 4.42. The zero-order chi connectivity index (χ0) is 13.7. The second kappa shape index (κ2) is 7.67. The molecule has 106 valence electrons. The number of rotatable bonds is 5. The number of nitrogens with zero attached hydrogens (tertiary/aromatic N) is 2. The van der Waals surface area contributed by atoms with Crippen molar-refractivity contribution < 1.29 is 0 Å². The molecule has 1 aromatic rings. The lowest BCUT2D eigenvalue weighted by molar-refractivity contribution is 0.658. The van der Waals surface area contributed by atoms with Gasteiger partial charge in [0.1, 0.15) is 11.6 Å². The van der Waals surface area contributed by atoms with Crippen LogP contribution in [-0.2, 0) is 6.42 Å². The van der Waals surface area contributed by atoms with Crippen molar-refractivity contribution in [3.63, 3.8) is 0 Å². The summed E-state index contributed by atoms with van der Waals surface area (Å²) in [6.45, 7) is 5.33. The zero-order valence-electron chi connectivity index (χ0n) is 11.7. The molecule has 5 heteroatoms. The Morgan fingerprint density at radius 1 is 1.32 bits per heavy atom. The van der Waals surface area contributed by atoms with Crippen LogP contribution in [0.4, 0.5) is 5.82 Å². The van der Waals surface area contributed by atoms with Crippen molar-refractivity contribution in [2.45, 2.75) is 51.2 Å². The summed E-state index contributed by atoms with van der Waals surface area (Å²) < 4.78 is 1.19. The monoisotopic (exact) mass is 391 g/mol. The molecular formula is C14H22IN3S. The summed E-state index contributed by atoms with van der Waals surface area (Å²) in [5, 5.41) is 3.95. The molecule has 3 nitrogen and oxygen atoms in total. The van der Waals surface area contributed by atoms with Crippen molar-refractivity contribution in [3.8, 4) is 0 Å². The van der Waals surface area contributed by atoms with Crippen LogP contribution in [0.2, 0.25) is 0 Å². The number of hydrogen-bond acceptors (Lipinski definition) is 4. The summed E-state index contributed by atoms with van der Waals surface area (Å²) >= 11 is 4.39. The highest BCUT2D eigenvalue weighted by atomic mass is 127. The topological polar surface area (TPSA) is 37.8 Å². The van der Waals surface area contributed by atoms with Crippen LogP contribution in [0.25, 0.3) is 0 Å². The average molecular weight is 391 g/mol. The lowest BCUT2D eigenvalue weighted by Crippen LogP contribution is -2.13. The lowest BCUT2D eigenvalue weighted by Gasteiger charge is -2.21. The van der Waals surface area contributed by atoms with Gasteiger partial charge in [-0.3, -0.25) is 0 Å². The third-order valence-corrected chi connectivity index (χ3v) is 5.79. The van der Waals surface area contributed by atoms with Gasteiger partial charge in [0.2, 0.25) is 0 Å². The van der Waals surface area contributed by atoms with Gasteiger partial charge < -0.3 is 5.32 Å². The normalized spacial score (nSPS) is 19.4. The number of nitrogens with one attached hydrogen (secondary N) is 1. The molecule has 0 spiro atoms. The van der Waals surface area contributed by atoms with Crippen LogP contribution in [-0.4, -0.2) is 22.3 Å². The van der Waals surface area contributed by atoms with E-state index in [9.17, 15) is 0 Å². The number of aromatic nitrogens is 2. The second-order valence-electron chi connectivity index (χ2n) is 4.83. The van der Waals surface area contributed by atoms with Gasteiger partial charge in [0, 0.05) is 6.54 Å². The van der Waals surface area contributed by atoms with Crippen molar-refractivity contribution >= 4 is 40.2 Å². The predicted molar refractivity (Wildman–Crippen MR) is 92.0 cm³/mol. The van der Waals surface area contributed by atoms with E-state index in [4.69, 9.17) is 9.97 Å². The SMILES string of the molecule is CCCNc1nc(C2CCCCS2)nc(CC)c1I. The van der Waals surface area contributed by atoms with E-state index in [0.29, 0.717) is 5.25 Å². The number of anilines is 1. The van der Waals surface area contributed by atoms with Crippen LogP contribution in [0.3, 0.4) is 0 Å². The first kappa shape index (κ1) is 15.4. The smallest absolute Gasteiger partial charge is 0.144 e. The molecule has 1 saturated heterocycles. The summed E-state index contributed by atoms with van der Waals surface area (Å²) in [4.78, 5) is 9.60. The van der Waals surface area contributed by atoms with Gasteiger partial charge in [-0.1, -0.05) is 20.3 Å². The van der Waals surface area contributed by atoms with Crippen molar-refractivity contribution in [2.24, 2.45) is 0 Å². The Kier molecular flexibility index (Phi) is 6.19. The third kappa shape index (κ3) is 3.97. The first-order chi connectivity index (χ1) is 9.26. The summed E-state index contributed by atoms with van der Waals surface area (Å²) in [7, 11) is 0. The van der Waals surface area contributed by atoms with E-state index in [0.717, 1.165) is 31.0 Å². The van der Waals surface area contributed by atoms with Gasteiger partial charge in [-0.25, -0.2) is 9.97 Å². The molecule has 0 bridgehead atoms. The fourth-order valence-corrected chi connectivity index (χ4v) is 4.25. The van der Waals surface area contributed by atoms with Gasteiger partial charge in [-0.05, 0) is 54.0 Å². The summed E-state index contributed by atoms with van der Waals surface area (Å²) in [6, 6.07) is 0. The average Bonchev–Trinajstić information content (AvgIpc) is 2.47. The largest absolute Gasteiger partial charge is 0.369 e. The molecular weight excluding hydrogens is 369 g/mol. The molecule has 2 rings (SSSR count). The lowest BCUT2D eigenvalue weighted by atomic mass is 10.1. The molecule has 19 heavy (non-hydrogen) atoms. The molecule has 1 atom stereocenters. The molecule has 0 radical (unpaired) electrons. The fraction of sp³-hybridized carbons (Fsp3) is 0.714. The Hall–Kier alpha value is -0.0400. The van der Waals surface area contributed by atoms with Crippen LogP contribution in [0.1, 0.15) is 56.3 Å². The minimum atomic E-state index is 0.498. The summed E-state index contributed by atoms with van der Waals surface area (Å²) in [6.07, 6.45) is 5.97. The fourth-order valence-electron chi connectivity index (χ4n) is 2.20. The maximum atomic E-state index is 4.80. The maximum absolute atomic E-state index is 4.80. The maximum Gasteiger partial charge on any atom is 0.144 e. The van der Waals surface area contributed by atoms with Gasteiger partial charge in [-0.2, -0.15) is 11.8 Å². The van der Waals surface area contributed by atoms with Gasteiger partial charge in [0.15, 0.2) is 0 Å². The molecule has 1 aliphatic rings. The van der Waals surface area contributed by atoms with E-state index in [1.54, 1.807) is 0 Å². The minimum absolute atomic E-state index is 0.498. The first-order valence-electron chi connectivity index (χ1n) is 7.18. The number of aryl methyl sites for hydroxylation is 1. The van der Waals surface area contributed by atoms with E-state index in [1.807, 2.05) is 11.8 Å². The number of thioether (sulfide) groups is 1. The van der Waals surface area contributed by atoms with E-state index in [2.05, 4.69) is 41.8 Å². The van der Waals surface area contributed by atoms with Crippen molar-refractivity contribution in [3.05, 3.63) is 15.1 Å². The van der Waals surface area contributed by atoms with Gasteiger partial charge >= 0.3 is 0 Å². The molecule has 1 aliphatic heterocycles. The van der Waals surface area contributed by atoms with Crippen LogP contribution >= 0.6 is 34.4 Å². The zero-order valence-corrected chi connectivity index (χ0v) is 14.7. The minimum Gasteiger partial charge on any atom is -0.369 e. The van der Waals surface area contributed by atoms with E-state index < -0.39 is 0 Å². The highest BCUT2D eigenvalue weighted by Crippen LogP contribution is 2.37. The standard InChI is InChI=1S/C14H22IN3S/c1-3-8-16-14-12(15)10(4-2)17-13(18-14)11-7-5-6-9-19-11/h11H,3-9H2,1-2H3,(H,16,17,18). The summed E-state index contributed by atoms with van der Waals surface area (Å²) in [5.74, 6) is 3.33. The van der Waals surface area contributed by atoms with E-state index >= 15 is 0 Å². The Morgan fingerprint density at radius 3 is 2.79 bits per heavy atom. The molecule has 1 fully saturated rings. The van der Waals surface area contributed by atoms with Gasteiger partial charge in [0.05, 0.1) is 14.5 Å². The molecule has 0 aromatic carbocycles. The third-order valence-electron chi connectivity index (χ3n) is 3.28. The molecule has 1 aromatic heterocycles. The molecule has 0 saturated carbocycles. The second-order valence-corrected chi connectivity index (χ2v) is 7.22. The van der Waals surface area contributed by atoms with Crippen LogP contribution in [0, 0.1) is 3.57 Å². The highest BCUT2D eigenvalue weighted by Gasteiger charge is 2.21. The molecule has 1 unspecified atom stereocenters. The van der Waals surface area contributed by atoms with Gasteiger partial charge in [-0.15, -0.1) is 0 Å². The van der Waals surface area contributed by atoms with Gasteiger partial charge in [0.25, 0.3) is 0 Å². The van der Waals surface area contributed by atoms with E-state index in [1.165, 1.54) is 34.3 Å².